The summed E-state index contributed by atoms with van der Waals surface area (Å²) in [6, 6.07) is 6.96. The second kappa shape index (κ2) is 5.29. The van der Waals surface area contributed by atoms with Crippen LogP contribution in [0.25, 0.3) is 0 Å². The van der Waals surface area contributed by atoms with Gasteiger partial charge in [-0.15, -0.1) is 0 Å². The second-order valence-corrected chi connectivity index (χ2v) is 4.22. The number of hydrogen-bond donors (Lipinski definition) is 1. The standard InChI is InChI=1S/C11H11Cl2N3O/c12-8-2-1-3-9(13)11(8)17-7-6-16-5-4-10(14)15-16/h1-5H,6-7H2,(H2,14,15). The number of benzene rings is 1. The minimum atomic E-state index is 0.421. The summed E-state index contributed by atoms with van der Waals surface area (Å²) in [6.45, 7) is 1.00. The zero-order chi connectivity index (χ0) is 12.3. The minimum absolute atomic E-state index is 0.421. The lowest BCUT2D eigenvalue weighted by Crippen LogP contribution is -2.09. The Morgan fingerprint density at radius 3 is 2.53 bits per heavy atom. The minimum Gasteiger partial charge on any atom is -0.489 e. The number of para-hydroxylation sites is 1. The van der Waals surface area contributed by atoms with Gasteiger partial charge in [-0.05, 0) is 18.2 Å². The Labute approximate surface area is 109 Å². The topological polar surface area (TPSA) is 53.1 Å². The molecule has 1 heterocycles. The van der Waals surface area contributed by atoms with Crippen LogP contribution in [0.1, 0.15) is 0 Å². The van der Waals surface area contributed by atoms with Crippen LogP contribution in [0.2, 0.25) is 10.0 Å². The molecule has 2 N–H and O–H groups in total. The Bertz CT molecular complexity index is 493. The van der Waals surface area contributed by atoms with E-state index >= 15 is 0 Å². The molecular formula is C11H11Cl2N3O. The molecule has 0 saturated heterocycles. The SMILES string of the molecule is Nc1ccn(CCOc2c(Cl)cccc2Cl)n1. The van der Waals surface area contributed by atoms with Crippen molar-refractivity contribution in [3.8, 4) is 5.75 Å². The molecule has 0 fully saturated rings. The van der Waals surface area contributed by atoms with Crippen LogP contribution in [0.3, 0.4) is 0 Å². The van der Waals surface area contributed by atoms with E-state index in [1.54, 1.807) is 35.1 Å². The van der Waals surface area contributed by atoms with Gasteiger partial charge in [0.2, 0.25) is 0 Å². The lowest BCUT2D eigenvalue weighted by molar-refractivity contribution is 0.292. The summed E-state index contributed by atoms with van der Waals surface area (Å²) in [5.41, 5.74) is 5.49. The van der Waals surface area contributed by atoms with E-state index in [9.17, 15) is 0 Å². The normalized spacial score (nSPS) is 10.5. The number of aromatic nitrogens is 2. The van der Waals surface area contributed by atoms with Gasteiger partial charge in [-0.1, -0.05) is 29.3 Å². The van der Waals surface area contributed by atoms with Crippen molar-refractivity contribution >= 4 is 29.0 Å². The monoisotopic (exact) mass is 271 g/mol. The molecule has 2 rings (SSSR count). The van der Waals surface area contributed by atoms with Gasteiger partial charge in [0.25, 0.3) is 0 Å². The van der Waals surface area contributed by atoms with Gasteiger partial charge in [-0.2, -0.15) is 5.10 Å². The number of nitrogen functional groups attached to an aromatic ring is 1. The Kier molecular flexibility index (Phi) is 3.76. The first-order valence-corrected chi connectivity index (χ1v) is 5.78. The Morgan fingerprint density at radius 2 is 1.94 bits per heavy atom. The van der Waals surface area contributed by atoms with Gasteiger partial charge in [0.05, 0.1) is 16.6 Å². The van der Waals surface area contributed by atoms with Crippen LogP contribution in [-0.2, 0) is 6.54 Å². The van der Waals surface area contributed by atoms with E-state index in [4.69, 9.17) is 33.7 Å². The highest BCUT2D eigenvalue weighted by molar-refractivity contribution is 6.37. The molecular weight excluding hydrogens is 261 g/mol. The van der Waals surface area contributed by atoms with Gasteiger partial charge in [0.15, 0.2) is 5.75 Å². The van der Waals surface area contributed by atoms with Crippen molar-refractivity contribution in [1.82, 2.24) is 9.78 Å². The fourth-order valence-corrected chi connectivity index (χ4v) is 1.87. The molecule has 0 amide bonds. The predicted octanol–water partition coefficient (Wildman–Crippen LogP) is 2.85. The van der Waals surface area contributed by atoms with Crippen LogP contribution < -0.4 is 10.5 Å². The fraction of sp³-hybridized carbons (Fsp3) is 0.182. The predicted molar refractivity (Wildman–Crippen MR) is 68.6 cm³/mol. The maximum atomic E-state index is 5.96. The zero-order valence-electron chi connectivity index (χ0n) is 8.94. The summed E-state index contributed by atoms with van der Waals surface area (Å²) < 4.78 is 7.21. The summed E-state index contributed by atoms with van der Waals surface area (Å²) in [4.78, 5) is 0. The molecule has 0 unspecified atom stereocenters. The van der Waals surface area contributed by atoms with E-state index < -0.39 is 0 Å². The van der Waals surface area contributed by atoms with Crippen LogP contribution in [0.5, 0.6) is 5.75 Å². The van der Waals surface area contributed by atoms with Gasteiger partial charge in [0, 0.05) is 6.20 Å². The van der Waals surface area contributed by atoms with Crippen LogP contribution >= 0.6 is 23.2 Å². The molecule has 0 saturated carbocycles. The summed E-state index contributed by atoms with van der Waals surface area (Å²) >= 11 is 11.9. The average molecular weight is 272 g/mol. The third kappa shape index (κ3) is 3.05. The lowest BCUT2D eigenvalue weighted by Gasteiger charge is -2.09. The van der Waals surface area contributed by atoms with Crippen LogP contribution in [0, 0.1) is 0 Å². The molecule has 1 aromatic carbocycles. The van der Waals surface area contributed by atoms with Gasteiger partial charge in [-0.3, -0.25) is 4.68 Å². The first-order valence-electron chi connectivity index (χ1n) is 5.02. The van der Waals surface area contributed by atoms with Crippen LogP contribution in [0.15, 0.2) is 30.5 Å². The van der Waals surface area contributed by atoms with Crippen molar-refractivity contribution in [3.05, 3.63) is 40.5 Å². The van der Waals surface area contributed by atoms with Crippen molar-refractivity contribution in [2.75, 3.05) is 12.3 Å². The lowest BCUT2D eigenvalue weighted by atomic mass is 10.3. The Morgan fingerprint density at radius 1 is 1.24 bits per heavy atom. The molecule has 0 spiro atoms. The van der Waals surface area contributed by atoms with Gasteiger partial charge < -0.3 is 10.5 Å². The number of halogens is 2. The Balaban J connectivity index is 1.94. The third-order valence-electron chi connectivity index (χ3n) is 2.15. The third-order valence-corrected chi connectivity index (χ3v) is 2.74. The molecule has 0 aliphatic rings. The maximum Gasteiger partial charge on any atom is 0.156 e. The van der Waals surface area contributed by atoms with E-state index in [1.165, 1.54) is 0 Å². The highest BCUT2D eigenvalue weighted by Gasteiger charge is 2.06. The van der Waals surface area contributed by atoms with Crippen molar-refractivity contribution in [2.24, 2.45) is 0 Å². The van der Waals surface area contributed by atoms with Gasteiger partial charge in [0.1, 0.15) is 12.4 Å². The van der Waals surface area contributed by atoms with Crippen molar-refractivity contribution in [2.45, 2.75) is 6.54 Å². The van der Waals surface area contributed by atoms with E-state index in [1.807, 2.05) is 0 Å². The average Bonchev–Trinajstić information content (AvgIpc) is 2.69. The molecule has 0 aliphatic carbocycles. The highest BCUT2D eigenvalue weighted by Crippen LogP contribution is 2.32. The summed E-state index contributed by atoms with van der Waals surface area (Å²) in [5.74, 6) is 0.983. The first kappa shape index (κ1) is 12.1. The molecule has 4 nitrogen and oxygen atoms in total. The number of ether oxygens (including phenoxy) is 1. The smallest absolute Gasteiger partial charge is 0.156 e. The molecule has 90 valence electrons. The van der Waals surface area contributed by atoms with Gasteiger partial charge >= 0.3 is 0 Å². The highest BCUT2D eigenvalue weighted by atomic mass is 35.5. The number of hydrogen-bond acceptors (Lipinski definition) is 3. The maximum absolute atomic E-state index is 5.96. The van der Waals surface area contributed by atoms with E-state index in [-0.39, 0.29) is 0 Å². The number of nitrogens with two attached hydrogens (primary N) is 1. The van der Waals surface area contributed by atoms with Crippen molar-refractivity contribution in [3.63, 3.8) is 0 Å². The zero-order valence-corrected chi connectivity index (χ0v) is 10.4. The van der Waals surface area contributed by atoms with Crippen LogP contribution in [-0.4, -0.2) is 16.4 Å². The number of anilines is 1. The van der Waals surface area contributed by atoms with Crippen molar-refractivity contribution < 1.29 is 4.74 Å². The number of rotatable bonds is 4. The summed E-state index contributed by atoms with van der Waals surface area (Å²) in [5, 5.41) is 5.03. The summed E-state index contributed by atoms with van der Waals surface area (Å²) in [7, 11) is 0. The molecule has 17 heavy (non-hydrogen) atoms. The first-order chi connectivity index (χ1) is 8.16. The second-order valence-electron chi connectivity index (χ2n) is 3.40. The fourth-order valence-electron chi connectivity index (χ4n) is 1.36. The van der Waals surface area contributed by atoms with E-state index in [0.29, 0.717) is 34.8 Å². The quantitative estimate of drug-likeness (QED) is 0.931. The van der Waals surface area contributed by atoms with E-state index in [0.717, 1.165) is 0 Å². The molecule has 2 aromatic rings. The van der Waals surface area contributed by atoms with Gasteiger partial charge in [-0.25, -0.2) is 0 Å². The molecule has 0 bridgehead atoms. The van der Waals surface area contributed by atoms with Crippen molar-refractivity contribution in [1.29, 1.82) is 0 Å². The molecule has 0 radical (unpaired) electrons. The Hall–Kier alpha value is -1.39. The van der Waals surface area contributed by atoms with Crippen LogP contribution in [0.4, 0.5) is 5.82 Å². The molecule has 0 aliphatic heterocycles. The number of nitrogens with zero attached hydrogens (tertiary/aromatic N) is 2. The summed E-state index contributed by atoms with van der Waals surface area (Å²) in [6.07, 6.45) is 1.78. The molecule has 1 aromatic heterocycles. The molecule has 6 heteroatoms. The largest absolute Gasteiger partial charge is 0.489 e. The molecule has 0 atom stereocenters. The van der Waals surface area contributed by atoms with E-state index in [2.05, 4.69) is 5.10 Å².